The van der Waals surface area contributed by atoms with Crippen molar-refractivity contribution in [2.75, 3.05) is 0 Å². The van der Waals surface area contributed by atoms with Gasteiger partial charge in [-0.05, 0) is 43.3 Å². The molecule has 0 amide bonds. The fourth-order valence-corrected chi connectivity index (χ4v) is 2.49. The maximum Gasteiger partial charge on any atom is 0.341 e. The Morgan fingerprint density at radius 1 is 1.19 bits per heavy atom. The minimum absolute atomic E-state index is 0.151. The molecule has 0 unspecified atom stereocenters. The molecule has 0 spiro atoms. The van der Waals surface area contributed by atoms with Crippen molar-refractivity contribution in [3.63, 3.8) is 0 Å². The summed E-state index contributed by atoms with van der Waals surface area (Å²) in [4.78, 5) is 27.9. The summed E-state index contributed by atoms with van der Waals surface area (Å²) in [6, 6.07) is 9.49. The number of phenolic OH excluding ortho intramolecular Hbond substituents is 1. The molecule has 0 atom stereocenters. The van der Waals surface area contributed by atoms with Crippen LogP contribution in [0.15, 0.2) is 57.6 Å². The number of pyridine rings is 2. The van der Waals surface area contributed by atoms with Crippen LogP contribution in [0.4, 0.5) is 5.69 Å². The summed E-state index contributed by atoms with van der Waals surface area (Å²) in [7, 11) is 0. The number of fused-ring (bicyclic) bond motifs is 1. The van der Waals surface area contributed by atoms with Crippen molar-refractivity contribution < 1.29 is 15.0 Å². The zero-order chi connectivity index (χ0) is 18.7. The van der Waals surface area contributed by atoms with Crippen LogP contribution in [0.1, 0.15) is 23.0 Å². The van der Waals surface area contributed by atoms with E-state index in [9.17, 15) is 14.7 Å². The molecule has 2 heterocycles. The maximum atomic E-state index is 12.3. The van der Waals surface area contributed by atoms with Crippen LogP contribution in [-0.4, -0.2) is 25.7 Å². The van der Waals surface area contributed by atoms with Gasteiger partial charge in [0.05, 0.1) is 16.8 Å². The van der Waals surface area contributed by atoms with E-state index in [0.29, 0.717) is 23.6 Å². The molecule has 2 aromatic heterocycles. The van der Waals surface area contributed by atoms with E-state index in [1.165, 1.54) is 18.3 Å². The molecule has 132 valence electrons. The largest absolute Gasteiger partial charge is 0.508 e. The lowest BCUT2D eigenvalue weighted by molar-refractivity contribution is 0.0695. The van der Waals surface area contributed by atoms with Crippen LogP contribution >= 0.6 is 0 Å². The highest BCUT2D eigenvalue weighted by molar-refractivity contribution is 5.91. The summed E-state index contributed by atoms with van der Waals surface area (Å²) in [5.41, 5.74) is 0.785. The highest BCUT2D eigenvalue weighted by atomic mass is 16.4. The Kier molecular flexibility index (Phi) is 4.74. The van der Waals surface area contributed by atoms with E-state index in [4.69, 9.17) is 5.11 Å². The second-order valence-electron chi connectivity index (χ2n) is 5.55. The number of aryl methyl sites for hydroxylation is 1. The molecule has 1 aromatic carbocycles. The summed E-state index contributed by atoms with van der Waals surface area (Å²) >= 11 is 0. The Morgan fingerprint density at radius 3 is 2.58 bits per heavy atom. The number of hydrogen-bond acceptors (Lipinski definition) is 6. The van der Waals surface area contributed by atoms with E-state index in [1.54, 1.807) is 28.8 Å². The van der Waals surface area contributed by atoms with Gasteiger partial charge in [-0.25, -0.2) is 9.78 Å². The lowest BCUT2D eigenvalue weighted by Crippen LogP contribution is -2.19. The van der Waals surface area contributed by atoms with Gasteiger partial charge in [0.1, 0.15) is 23.5 Å². The van der Waals surface area contributed by atoms with Crippen molar-refractivity contribution in [2.24, 2.45) is 10.2 Å². The van der Waals surface area contributed by atoms with Crippen LogP contribution in [0.25, 0.3) is 11.0 Å². The lowest BCUT2D eigenvalue weighted by atomic mass is 10.2. The van der Waals surface area contributed by atoms with Crippen LogP contribution in [0.2, 0.25) is 0 Å². The summed E-state index contributed by atoms with van der Waals surface area (Å²) in [6.45, 7) is 2.52. The second-order valence-corrected chi connectivity index (χ2v) is 5.55. The first-order chi connectivity index (χ1) is 12.5. The van der Waals surface area contributed by atoms with Gasteiger partial charge in [-0.15, -0.1) is 0 Å². The van der Waals surface area contributed by atoms with Gasteiger partial charge >= 0.3 is 5.97 Å². The number of nitrogens with zero attached hydrogens (tertiary/aromatic N) is 4. The summed E-state index contributed by atoms with van der Waals surface area (Å²) in [5.74, 6) is -1.11. The Balaban J connectivity index is 1.93. The number of carbonyl (C=O) groups is 1. The first-order valence-corrected chi connectivity index (χ1v) is 7.92. The number of hydrogen-bond donors (Lipinski definition) is 2. The third-order valence-corrected chi connectivity index (χ3v) is 3.82. The average molecular weight is 352 g/mol. The number of azo groups is 1. The van der Waals surface area contributed by atoms with E-state index in [1.807, 2.05) is 6.92 Å². The van der Waals surface area contributed by atoms with E-state index in [0.717, 1.165) is 0 Å². The van der Waals surface area contributed by atoms with Crippen LogP contribution in [0.3, 0.4) is 0 Å². The molecule has 0 aliphatic carbocycles. The number of aromatic nitrogens is 2. The molecule has 8 heteroatoms. The molecule has 0 saturated carbocycles. The molecule has 0 aliphatic rings. The summed E-state index contributed by atoms with van der Waals surface area (Å²) < 4.78 is 1.63. The van der Waals surface area contributed by atoms with Crippen molar-refractivity contribution in [3.8, 4) is 5.75 Å². The maximum absolute atomic E-state index is 12.3. The third-order valence-electron chi connectivity index (χ3n) is 3.82. The zero-order valence-corrected chi connectivity index (χ0v) is 14.0. The minimum atomic E-state index is -1.26. The molecular formula is C18H16N4O4. The first kappa shape index (κ1) is 17.3. The minimum Gasteiger partial charge on any atom is -0.508 e. The fourth-order valence-electron chi connectivity index (χ4n) is 2.49. The number of benzene rings is 1. The van der Waals surface area contributed by atoms with Crippen molar-refractivity contribution in [1.82, 2.24) is 9.55 Å². The van der Waals surface area contributed by atoms with Gasteiger partial charge in [0, 0.05) is 12.7 Å². The van der Waals surface area contributed by atoms with Crippen molar-refractivity contribution in [3.05, 3.63) is 64.1 Å². The molecule has 0 radical (unpaired) electrons. The molecule has 0 aliphatic heterocycles. The number of carboxylic acids is 1. The molecule has 8 nitrogen and oxygen atoms in total. The Morgan fingerprint density at radius 2 is 1.92 bits per heavy atom. The molecule has 26 heavy (non-hydrogen) atoms. The van der Waals surface area contributed by atoms with E-state index >= 15 is 0 Å². The summed E-state index contributed by atoms with van der Waals surface area (Å²) in [6.07, 6.45) is 1.31. The van der Waals surface area contributed by atoms with Crippen LogP contribution < -0.4 is 5.43 Å². The topological polar surface area (TPSA) is 117 Å². The predicted molar refractivity (Wildman–Crippen MR) is 95.0 cm³/mol. The summed E-state index contributed by atoms with van der Waals surface area (Å²) in [5, 5.41) is 26.8. The van der Waals surface area contributed by atoms with Crippen molar-refractivity contribution >= 4 is 22.7 Å². The molecule has 0 fully saturated rings. The number of aromatic carboxylic acids is 1. The van der Waals surface area contributed by atoms with Gasteiger partial charge in [0.2, 0.25) is 5.43 Å². The average Bonchev–Trinajstić information content (AvgIpc) is 2.63. The Bertz CT molecular complexity index is 1060. The highest BCUT2D eigenvalue weighted by Crippen LogP contribution is 2.18. The first-order valence-electron chi connectivity index (χ1n) is 7.92. The molecule has 3 rings (SSSR count). The Hall–Kier alpha value is -3.55. The SMILES string of the molecule is CCn1cc(C(=O)O)c(=O)c2ccc(CN=Nc3ccc(O)cc3)nc21. The third kappa shape index (κ3) is 3.44. The lowest BCUT2D eigenvalue weighted by Gasteiger charge is -2.09. The van der Waals surface area contributed by atoms with Gasteiger partial charge in [-0.3, -0.25) is 4.79 Å². The smallest absolute Gasteiger partial charge is 0.341 e. The van der Waals surface area contributed by atoms with Gasteiger partial charge in [0.15, 0.2) is 0 Å². The standard InChI is InChI=1S/C18H16N4O4/c1-2-22-10-15(18(25)26)16(24)14-8-5-12(20-17(14)22)9-19-21-11-3-6-13(23)7-4-11/h3-8,10,23H,2,9H2,1H3,(H,25,26). The number of aromatic hydroxyl groups is 1. The fraction of sp³-hybridized carbons (Fsp3) is 0.167. The second kappa shape index (κ2) is 7.14. The van der Waals surface area contributed by atoms with Crippen LogP contribution in [0, 0.1) is 0 Å². The molecule has 0 bridgehead atoms. The quantitative estimate of drug-likeness (QED) is 0.684. The van der Waals surface area contributed by atoms with E-state index in [2.05, 4.69) is 15.2 Å². The molecule has 2 N–H and O–H groups in total. The normalized spacial score (nSPS) is 11.3. The van der Waals surface area contributed by atoms with Crippen LogP contribution in [0.5, 0.6) is 5.75 Å². The number of rotatable bonds is 5. The predicted octanol–water partition coefficient (Wildman–Crippen LogP) is 3.10. The molecule has 0 saturated heterocycles. The van der Waals surface area contributed by atoms with Crippen molar-refractivity contribution in [2.45, 2.75) is 20.0 Å². The Labute approximate surface area is 148 Å². The van der Waals surface area contributed by atoms with Crippen molar-refractivity contribution in [1.29, 1.82) is 0 Å². The zero-order valence-electron chi connectivity index (χ0n) is 14.0. The monoisotopic (exact) mass is 352 g/mol. The number of carboxylic acid groups (broad SMARTS) is 1. The molecular weight excluding hydrogens is 336 g/mol. The molecule has 3 aromatic rings. The number of phenols is 1. The van der Waals surface area contributed by atoms with Gasteiger partial charge in [-0.2, -0.15) is 10.2 Å². The van der Waals surface area contributed by atoms with E-state index < -0.39 is 11.4 Å². The highest BCUT2D eigenvalue weighted by Gasteiger charge is 2.15. The van der Waals surface area contributed by atoms with Gasteiger partial charge in [-0.1, -0.05) is 0 Å². The van der Waals surface area contributed by atoms with E-state index in [-0.39, 0.29) is 23.2 Å². The van der Waals surface area contributed by atoms with Gasteiger partial charge < -0.3 is 14.8 Å². The van der Waals surface area contributed by atoms with Crippen LogP contribution in [-0.2, 0) is 13.1 Å². The van der Waals surface area contributed by atoms with Gasteiger partial charge in [0.25, 0.3) is 0 Å².